The average Bonchev–Trinajstić information content (AvgIpc) is 2.60. The average molecular weight is 377 g/mol. The van der Waals surface area contributed by atoms with E-state index in [0.717, 1.165) is 5.56 Å². The highest BCUT2D eigenvalue weighted by Gasteiger charge is 2.19. The highest BCUT2D eigenvalue weighted by molar-refractivity contribution is 7.89. The third-order valence-electron chi connectivity index (χ3n) is 4.17. The van der Waals surface area contributed by atoms with Gasteiger partial charge in [0, 0.05) is 19.2 Å². The van der Waals surface area contributed by atoms with Gasteiger partial charge in [0.15, 0.2) is 0 Å². The molecule has 1 atom stereocenters. The van der Waals surface area contributed by atoms with Crippen LogP contribution < -0.4 is 5.14 Å². The molecule has 0 fully saturated rings. The Morgan fingerprint density at radius 1 is 1.15 bits per heavy atom. The first-order valence-electron chi connectivity index (χ1n) is 7.71. The summed E-state index contributed by atoms with van der Waals surface area (Å²) in [6, 6.07) is 11.6. The molecule has 9 heteroatoms. The van der Waals surface area contributed by atoms with Gasteiger partial charge in [-0.3, -0.25) is 14.9 Å². The molecule has 0 aliphatic rings. The fourth-order valence-electron chi connectivity index (χ4n) is 2.41. The lowest BCUT2D eigenvalue weighted by atomic mass is 10.1. The molecule has 2 aromatic carbocycles. The van der Waals surface area contributed by atoms with Gasteiger partial charge < -0.3 is 4.90 Å². The minimum absolute atomic E-state index is 0.00769. The molecule has 2 rings (SSSR count). The van der Waals surface area contributed by atoms with Crippen molar-refractivity contribution >= 4 is 21.6 Å². The molecular weight excluding hydrogens is 358 g/mol. The minimum atomic E-state index is -3.76. The van der Waals surface area contributed by atoms with Crippen molar-refractivity contribution in [1.82, 2.24) is 4.90 Å². The Labute approximate surface area is 151 Å². The van der Waals surface area contributed by atoms with E-state index in [0.29, 0.717) is 5.56 Å². The maximum Gasteiger partial charge on any atom is 0.269 e. The Hall–Kier alpha value is -2.78. The molecule has 26 heavy (non-hydrogen) atoms. The van der Waals surface area contributed by atoms with E-state index in [1.807, 2.05) is 6.92 Å². The summed E-state index contributed by atoms with van der Waals surface area (Å²) in [7, 11) is -2.12. The summed E-state index contributed by atoms with van der Waals surface area (Å²) in [5.74, 6) is -0.165. The fourth-order valence-corrected chi connectivity index (χ4v) is 2.93. The van der Waals surface area contributed by atoms with E-state index in [4.69, 9.17) is 5.14 Å². The van der Waals surface area contributed by atoms with E-state index in [-0.39, 0.29) is 29.0 Å². The second kappa shape index (κ2) is 7.63. The molecule has 0 bridgehead atoms. The maximum absolute atomic E-state index is 12.4. The predicted molar refractivity (Wildman–Crippen MR) is 95.8 cm³/mol. The van der Waals surface area contributed by atoms with E-state index < -0.39 is 14.9 Å². The summed E-state index contributed by atoms with van der Waals surface area (Å²) < 4.78 is 22.6. The molecule has 1 amide bonds. The standard InChI is InChI=1S/C17H19N3O5S/c1-12(14-5-9-16(10-6-14)26(18,24)25)19(2)17(21)11-13-3-7-15(8-4-13)20(22)23/h3-10,12H,11H2,1-2H3,(H2,18,24,25). The summed E-state index contributed by atoms with van der Waals surface area (Å²) >= 11 is 0. The van der Waals surface area contributed by atoms with Crippen LogP contribution in [-0.4, -0.2) is 31.2 Å². The summed E-state index contributed by atoms with van der Waals surface area (Å²) in [6.45, 7) is 1.82. The van der Waals surface area contributed by atoms with Crippen LogP contribution in [0.5, 0.6) is 0 Å². The second-order valence-corrected chi connectivity index (χ2v) is 7.46. The first kappa shape index (κ1) is 19.5. The summed E-state index contributed by atoms with van der Waals surface area (Å²) in [5.41, 5.74) is 1.40. The molecule has 0 spiro atoms. The second-order valence-electron chi connectivity index (χ2n) is 5.89. The molecule has 0 aromatic heterocycles. The molecule has 0 radical (unpaired) electrons. The molecular formula is C17H19N3O5S. The Morgan fingerprint density at radius 2 is 1.69 bits per heavy atom. The SMILES string of the molecule is CC(c1ccc(S(N)(=O)=O)cc1)N(C)C(=O)Cc1ccc([N+](=O)[O-])cc1. The number of carbonyl (C=O) groups excluding carboxylic acids is 1. The third-order valence-corrected chi connectivity index (χ3v) is 5.10. The van der Waals surface area contributed by atoms with Crippen LogP contribution >= 0.6 is 0 Å². The van der Waals surface area contributed by atoms with Crippen molar-refractivity contribution in [2.75, 3.05) is 7.05 Å². The van der Waals surface area contributed by atoms with Crippen LogP contribution in [0.3, 0.4) is 0 Å². The maximum atomic E-state index is 12.4. The first-order valence-corrected chi connectivity index (χ1v) is 9.26. The summed E-state index contributed by atoms with van der Waals surface area (Å²) in [5, 5.41) is 15.7. The molecule has 8 nitrogen and oxygen atoms in total. The van der Waals surface area contributed by atoms with Gasteiger partial charge in [-0.1, -0.05) is 24.3 Å². The molecule has 2 N–H and O–H groups in total. The van der Waals surface area contributed by atoms with E-state index in [1.165, 1.54) is 29.2 Å². The predicted octanol–water partition coefficient (Wildman–Crippen LogP) is 2.00. The van der Waals surface area contributed by atoms with Crippen molar-refractivity contribution in [2.24, 2.45) is 5.14 Å². The van der Waals surface area contributed by atoms with Crippen LogP contribution in [0, 0.1) is 10.1 Å². The van der Waals surface area contributed by atoms with Gasteiger partial charge in [0.05, 0.1) is 22.3 Å². The number of nitro groups is 1. The number of non-ortho nitro benzene ring substituents is 1. The third kappa shape index (κ3) is 4.64. The number of benzene rings is 2. The summed E-state index contributed by atoms with van der Waals surface area (Å²) in [6.07, 6.45) is 0.105. The molecule has 1 unspecified atom stereocenters. The fraction of sp³-hybridized carbons (Fsp3) is 0.235. The van der Waals surface area contributed by atoms with Crippen molar-refractivity contribution in [3.63, 3.8) is 0 Å². The summed E-state index contributed by atoms with van der Waals surface area (Å²) in [4.78, 5) is 24.2. The van der Waals surface area contributed by atoms with Crippen LogP contribution in [0.25, 0.3) is 0 Å². The lowest BCUT2D eigenvalue weighted by Gasteiger charge is -2.25. The molecule has 0 aliphatic heterocycles. The number of primary sulfonamides is 1. The topological polar surface area (TPSA) is 124 Å². The van der Waals surface area contributed by atoms with Gasteiger partial charge in [-0.2, -0.15) is 0 Å². The normalized spacial score (nSPS) is 12.4. The van der Waals surface area contributed by atoms with E-state index in [2.05, 4.69) is 0 Å². The highest BCUT2D eigenvalue weighted by atomic mass is 32.2. The van der Waals surface area contributed by atoms with Crippen LogP contribution in [-0.2, 0) is 21.2 Å². The number of hydrogen-bond acceptors (Lipinski definition) is 5. The molecule has 0 heterocycles. The van der Waals surface area contributed by atoms with Crippen LogP contribution in [0.2, 0.25) is 0 Å². The molecule has 2 aromatic rings. The zero-order valence-electron chi connectivity index (χ0n) is 14.3. The largest absolute Gasteiger partial charge is 0.339 e. The Bertz CT molecular complexity index is 908. The van der Waals surface area contributed by atoms with Crippen LogP contribution in [0.15, 0.2) is 53.4 Å². The molecule has 0 saturated carbocycles. The van der Waals surface area contributed by atoms with Gasteiger partial charge in [0.2, 0.25) is 15.9 Å². The molecule has 0 saturated heterocycles. The number of sulfonamides is 1. The van der Waals surface area contributed by atoms with Crippen molar-refractivity contribution in [3.05, 3.63) is 69.8 Å². The van der Waals surface area contributed by atoms with Crippen molar-refractivity contribution in [3.8, 4) is 0 Å². The lowest BCUT2D eigenvalue weighted by molar-refractivity contribution is -0.384. The van der Waals surface area contributed by atoms with Crippen molar-refractivity contribution in [2.45, 2.75) is 24.3 Å². The molecule has 138 valence electrons. The lowest BCUT2D eigenvalue weighted by Crippen LogP contribution is -2.31. The number of nitrogens with zero attached hydrogens (tertiary/aromatic N) is 2. The quantitative estimate of drug-likeness (QED) is 0.609. The monoisotopic (exact) mass is 377 g/mol. The van der Waals surface area contributed by atoms with E-state index in [9.17, 15) is 23.3 Å². The van der Waals surface area contributed by atoms with Crippen LogP contribution in [0.4, 0.5) is 5.69 Å². The van der Waals surface area contributed by atoms with Crippen LogP contribution in [0.1, 0.15) is 24.1 Å². The first-order chi connectivity index (χ1) is 12.1. The van der Waals surface area contributed by atoms with E-state index >= 15 is 0 Å². The Balaban J connectivity index is 2.08. The van der Waals surface area contributed by atoms with Gasteiger partial charge in [-0.05, 0) is 30.2 Å². The van der Waals surface area contributed by atoms with Gasteiger partial charge >= 0.3 is 0 Å². The van der Waals surface area contributed by atoms with Gasteiger partial charge in [-0.15, -0.1) is 0 Å². The number of amides is 1. The van der Waals surface area contributed by atoms with Gasteiger partial charge in [0.1, 0.15) is 0 Å². The van der Waals surface area contributed by atoms with Crippen molar-refractivity contribution < 1.29 is 18.1 Å². The minimum Gasteiger partial charge on any atom is -0.339 e. The van der Waals surface area contributed by atoms with E-state index in [1.54, 1.807) is 31.3 Å². The Morgan fingerprint density at radius 3 is 2.15 bits per heavy atom. The number of likely N-dealkylation sites (N-methyl/N-ethyl adjacent to an activating group) is 1. The highest BCUT2D eigenvalue weighted by Crippen LogP contribution is 2.21. The van der Waals surface area contributed by atoms with Gasteiger partial charge in [0.25, 0.3) is 5.69 Å². The number of rotatable bonds is 6. The zero-order valence-corrected chi connectivity index (χ0v) is 15.1. The molecule has 0 aliphatic carbocycles. The number of nitrogens with two attached hydrogens (primary N) is 1. The zero-order chi connectivity index (χ0) is 19.5. The number of nitro benzene ring substituents is 1. The number of carbonyl (C=O) groups is 1. The van der Waals surface area contributed by atoms with Crippen molar-refractivity contribution in [1.29, 1.82) is 0 Å². The number of hydrogen-bond donors (Lipinski definition) is 1. The Kier molecular flexibility index (Phi) is 5.73. The smallest absolute Gasteiger partial charge is 0.269 e. The van der Waals surface area contributed by atoms with Gasteiger partial charge in [-0.25, -0.2) is 13.6 Å².